The van der Waals surface area contributed by atoms with Crippen molar-refractivity contribution in [3.05, 3.63) is 24.3 Å². The third-order valence-electron chi connectivity index (χ3n) is 4.02. The standard InChI is InChI=1S/C16H22F2N2OS/c1-11(12-5-4-8-19-10-12)9-15(21)20-13-6-2-3-7-14(13)22-16(17)18/h2-3,6-7,11-12,16,19H,4-5,8-10H2,1H3,(H,20,21). The highest BCUT2D eigenvalue weighted by molar-refractivity contribution is 7.99. The number of para-hydroxylation sites is 1. The minimum absolute atomic E-state index is 0.111. The van der Waals surface area contributed by atoms with Gasteiger partial charge in [0.25, 0.3) is 5.76 Å². The number of nitrogens with one attached hydrogen (secondary N) is 2. The Labute approximate surface area is 134 Å². The first-order valence-electron chi connectivity index (χ1n) is 7.60. The number of benzene rings is 1. The fourth-order valence-electron chi connectivity index (χ4n) is 2.79. The van der Waals surface area contributed by atoms with Gasteiger partial charge in [-0.15, -0.1) is 0 Å². The zero-order valence-corrected chi connectivity index (χ0v) is 13.5. The van der Waals surface area contributed by atoms with E-state index in [9.17, 15) is 13.6 Å². The van der Waals surface area contributed by atoms with E-state index in [2.05, 4.69) is 17.6 Å². The Kier molecular flexibility index (Phi) is 6.64. The monoisotopic (exact) mass is 328 g/mol. The van der Waals surface area contributed by atoms with Crippen LogP contribution in [-0.2, 0) is 4.79 Å². The number of hydrogen-bond donors (Lipinski definition) is 2. The maximum absolute atomic E-state index is 12.5. The maximum Gasteiger partial charge on any atom is 0.288 e. The fraction of sp³-hybridized carbons (Fsp3) is 0.562. The lowest BCUT2D eigenvalue weighted by atomic mass is 9.85. The van der Waals surface area contributed by atoms with Crippen molar-refractivity contribution in [1.82, 2.24) is 5.32 Å². The second-order valence-electron chi connectivity index (χ2n) is 5.71. The van der Waals surface area contributed by atoms with E-state index in [-0.39, 0.29) is 11.8 Å². The van der Waals surface area contributed by atoms with Crippen LogP contribution in [0.1, 0.15) is 26.2 Å². The maximum atomic E-state index is 12.5. The van der Waals surface area contributed by atoms with Gasteiger partial charge in [0.05, 0.1) is 5.69 Å². The van der Waals surface area contributed by atoms with Crippen LogP contribution in [0.25, 0.3) is 0 Å². The van der Waals surface area contributed by atoms with Gasteiger partial charge in [-0.3, -0.25) is 4.79 Å². The van der Waals surface area contributed by atoms with E-state index >= 15 is 0 Å². The number of carbonyl (C=O) groups is 1. The lowest BCUT2D eigenvalue weighted by molar-refractivity contribution is -0.117. The van der Waals surface area contributed by atoms with Crippen LogP contribution in [0, 0.1) is 11.8 Å². The Morgan fingerprint density at radius 1 is 1.45 bits per heavy atom. The average Bonchev–Trinajstić information content (AvgIpc) is 2.49. The molecule has 0 saturated carbocycles. The molecule has 0 aliphatic carbocycles. The molecule has 1 aromatic rings. The molecule has 1 fully saturated rings. The number of piperidine rings is 1. The zero-order chi connectivity index (χ0) is 15.9. The first-order valence-corrected chi connectivity index (χ1v) is 8.48. The van der Waals surface area contributed by atoms with Crippen LogP contribution in [0.2, 0.25) is 0 Å². The van der Waals surface area contributed by atoms with Gasteiger partial charge in [0, 0.05) is 11.3 Å². The van der Waals surface area contributed by atoms with Crippen LogP contribution >= 0.6 is 11.8 Å². The summed E-state index contributed by atoms with van der Waals surface area (Å²) in [6.45, 7) is 4.08. The Balaban J connectivity index is 1.91. The molecule has 2 atom stereocenters. The van der Waals surface area contributed by atoms with E-state index < -0.39 is 5.76 Å². The summed E-state index contributed by atoms with van der Waals surface area (Å²) in [5.74, 6) is -1.82. The Morgan fingerprint density at radius 2 is 2.23 bits per heavy atom. The van der Waals surface area contributed by atoms with Crippen molar-refractivity contribution in [2.24, 2.45) is 11.8 Å². The first kappa shape index (κ1) is 17.2. The second kappa shape index (κ2) is 8.48. The molecule has 1 amide bonds. The van der Waals surface area contributed by atoms with Crippen LogP contribution < -0.4 is 10.6 Å². The highest BCUT2D eigenvalue weighted by atomic mass is 32.2. The number of thioether (sulfide) groups is 1. The van der Waals surface area contributed by atoms with Crippen molar-refractivity contribution in [3.8, 4) is 0 Å². The second-order valence-corrected chi connectivity index (χ2v) is 6.74. The SMILES string of the molecule is CC(CC(=O)Nc1ccccc1SC(F)F)C1CCCNC1. The summed E-state index contributed by atoms with van der Waals surface area (Å²) < 4.78 is 25.1. The van der Waals surface area contributed by atoms with Gasteiger partial charge >= 0.3 is 0 Å². The van der Waals surface area contributed by atoms with Gasteiger partial charge in [0.2, 0.25) is 5.91 Å². The molecule has 122 valence electrons. The predicted octanol–water partition coefficient (Wildman–Crippen LogP) is 3.97. The number of amides is 1. The van der Waals surface area contributed by atoms with E-state index in [4.69, 9.17) is 0 Å². The van der Waals surface area contributed by atoms with Crippen LogP contribution in [0.3, 0.4) is 0 Å². The van der Waals surface area contributed by atoms with Gasteiger partial charge in [-0.1, -0.05) is 30.8 Å². The minimum Gasteiger partial charge on any atom is -0.325 e. The molecule has 2 N–H and O–H groups in total. The molecular formula is C16H22F2N2OS. The van der Waals surface area contributed by atoms with Crippen molar-refractivity contribution in [2.75, 3.05) is 18.4 Å². The molecule has 0 radical (unpaired) electrons. The molecule has 0 bridgehead atoms. The smallest absolute Gasteiger partial charge is 0.288 e. The molecule has 1 heterocycles. The summed E-state index contributed by atoms with van der Waals surface area (Å²) in [5.41, 5.74) is 0.465. The van der Waals surface area contributed by atoms with Crippen molar-refractivity contribution in [2.45, 2.75) is 36.8 Å². The highest BCUT2D eigenvalue weighted by Crippen LogP contribution is 2.32. The average molecular weight is 328 g/mol. The third kappa shape index (κ3) is 5.25. The number of carbonyl (C=O) groups excluding carboxylic acids is 1. The Hall–Kier alpha value is -1.14. The fourth-order valence-corrected chi connectivity index (χ4v) is 3.39. The van der Waals surface area contributed by atoms with E-state index in [0.717, 1.165) is 25.9 Å². The van der Waals surface area contributed by atoms with E-state index in [1.807, 2.05) is 0 Å². The summed E-state index contributed by atoms with van der Waals surface area (Å²) in [5, 5.41) is 6.12. The summed E-state index contributed by atoms with van der Waals surface area (Å²) in [7, 11) is 0. The Morgan fingerprint density at radius 3 is 2.91 bits per heavy atom. The van der Waals surface area contributed by atoms with Crippen LogP contribution in [0.5, 0.6) is 0 Å². The van der Waals surface area contributed by atoms with Crippen LogP contribution in [0.4, 0.5) is 14.5 Å². The molecule has 1 aliphatic rings. The van der Waals surface area contributed by atoms with E-state index in [1.54, 1.807) is 24.3 Å². The molecule has 1 saturated heterocycles. The van der Waals surface area contributed by atoms with Crippen molar-refractivity contribution < 1.29 is 13.6 Å². The lowest BCUT2D eigenvalue weighted by Crippen LogP contribution is -2.34. The minimum atomic E-state index is -2.50. The number of halogens is 2. The molecule has 2 unspecified atom stereocenters. The molecule has 1 aliphatic heterocycles. The van der Waals surface area contributed by atoms with Gasteiger partial charge in [-0.2, -0.15) is 8.78 Å². The van der Waals surface area contributed by atoms with Crippen LogP contribution in [-0.4, -0.2) is 24.8 Å². The van der Waals surface area contributed by atoms with Gasteiger partial charge in [-0.05, 0) is 49.9 Å². The summed E-state index contributed by atoms with van der Waals surface area (Å²) in [6, 6.07) is 6.69. The Bertz CT molecular complexity index is 493. The molecule has 6 heteroatoms. The third-order valence-corrected chi connectivity index (χ3v) is 4.81. The van der Waals surface area contributed by atoms with E-state index in [1.165, 1.54) is 0 Å². The van der Waals surface area contributed by atoms with E-state index in [0.29, 0.717) is 34.7 Å². The predicted molar refractivity (Wildman–Crippen MR) is 86.3 cm³/mol. The summed E-state index contributed by atoms with van der Waals surface area (Å²) >= 11 is 0.456. The lowest BCUT2D eigenvalue weighted by Gasteiger charge is -2.28. The van der Waals surface area contributed by atoms with Gasteiger partial charge < -0.3 is 10.6 Å². The molecule has 0 spiro atoms. The quantitative estimate of drug-likeness (QED) is 0.777. The summed E-state index contributed by atoms with van der Waals surface area (Å²) in [4.78, 5) is 12.6. The van der Waals surface area contributed by atoms with Gasteiger partial charge in [0.1, 0.15) is 0 Å². The van der Waals surface area contributed by atoms with Crippen molar-refractivity contribution in [1.29, 1.82) is 0 Å². The van der Waals surface area contributed by atoms with Crippen molar-refractivity contribution in [3.63, 3.8) is 0 Å². The van der Waals surface area contributed by atoms with Crippen molar-refractivity contribution >= 4 is 23.4 Å². The molecule has 2 rings (SSSR count). The first-order chi connectivity index (χ1) is 10.6. The van der Waals surface area contributed by atoms with Gasteiger partial charge in [-0.25, -0.2) is 0 Å². The number of anilines is 1. The topological polar surface area (TPSA) is 41.1 Å². The normalized spacial score (nSPS) is 19.9. The number of alkyl halides is 2. The molecule has 0 aromatic heterocycles. The molecular weight excluding hydrogens is 306 g/mol. The summed E-state index contributed by atoms with van der Waals surface area (Å²) in [6.07, 6.45) is 2.70. The van der Waals surface area contributed by atoms with Gasteiger partial charge in [0.15, 0.2) is 0 Å². The largest absolute Gasteiger partial charge is 0.325 e. The number of rotatable bonds is 6. The molecule has 1 aromatic carbocycles. The highest BCUT2D eigenvalue weighted by Gasteiger charge is 2.22. The molecule has 3 nitrogen and oxygen atoms in total. The number of hydrogen-bond acceptors (Lipinski definition) is 3. The zero-order valence-electron chi connectivity index (χ0n) is 12.6. The van der Waals surface area contributed by atoms with Crippen LogP contribution in [0.15, 0.2) is 29.2 Å². The molecule has 22 heavy (non-hydrogen) atoms.